The van der Waals surface area contributed by atoms with Crippen LogP contribution in [0.5, 0.6) is 0 Å². The molecule has 0 unspecified atom stereocenters. The number of benzene rings is 3. The predicted molar refractivity (Wildman–Crippen MR) is 94.6 cm³/mol. The van der Waals surface area contributed by atoms with Gasteiger partial charge >= 0.3 is 0 Å². The van der Waals surface area contributed by atoms with Crippen LogP contribution in [0, 0.1) is 0 Å². The number of carbonyl (C=O) groups excluding carboxylic acids is 1. The number of amides is 1. The fourth-order valence-corrected chi connectivity index (χ4v) is 2.88. The first-order valence-corrected chi connectivity index (χ1v) is 7.90. The lowest BCUT2D eigenvalue weighted by Crippen LogP contribution is -2.27. The van der Waals surface area contributed by atoms with Crippen molar-refractivity contribution in [3.8, 4) is 11.1 Å². The van der Waals surface area contributed by atoms with Gasteiger partial charge < -0.3 is 0 Å². The summed E-state index contributed by atoms with van der Waals surface area (Å²) in [5.41, 5.74) is 2.54. The van der Waals surface area contributed by atoms with Gasteiger partial charge in [-0.05, 0) is 29.8 Å². The molecule has 3 aromatic rings. The van der Waals surface area contributed by atoms with Crippen molar-refractivity contribution < 1.29 is 10.0 Å². The molecule has 0 aliphatic heterocycles. The van der Waals surface area contributed by atoms with Crippen LogP contribution in [0.1, 0.15) is 10.4 Å². The number of hydrogen-bond donors (Lipinski definition) is 1. The van der Waals surface area contributed by atoms with Gasteiger partial charge in [-0.15, -0.1) is 0 Å². The number of hydroxylamine groups is 1. The first-order valence-electron chi connectivity index (χ1n) is 7.11. The number of anilines is 1. The van der Waals surface area contributed by atoms with Crippen LogP contribution in [0.4, 0.5) is 5.69 Å². The van der Waals surface area contributed by atoms with Crippen molar-refractivity contribution in [3.63, 3.8) is 0 Å². The van der Waals surface area contributed by atoms with Crippen molar-refractivity contribution in [1.82, 2.24) is 0 Å². The van der Waals surface area contributed by atoms with Crippen LogP contribution in [0.15, 0.2) is 83.3 Å². The minimum Gasteiger partial charge on any atom is -0.281 e. The second-order valence-corrected chi connectivity index (χ2v) is 5.83. The van der Waals surface area contributed by atoms with Crippen LogP contribution in [-0.4, -0.2) is 11.1 Å². The summed E-state index contributed by atoms with van der Waals surface area (Å²) < 4.78 is 0.896. The summed E-state index contributed by atoms with van der Waals surface area (Å²) >= 11 is 3.51. The number of para-hydroxylation sites is 1. The van der Waals surface area contributed by atoms with E-state index in [-0.39, 0.29) is 0 Å². The minimum atomic E-state index is -0.467. The second kappa shape index (κ2) is 6.77. The highest BCUT2D eigenvalue weighted by molar-refractivity contribution is 9.10. The highest BCUT2D eigenvalue weighted by Gasteiger charge is 2.19. The lowest BCUT2D eigenvalue weighted by Gasteiger charge is -2.19. The van der Waals surface area contributed by atoms with E-state index in [9.17, 15) is 10.0 Å². The van der Waals surface area contributed by atoms with E-state index in [1.165, 1.54) is 0 Å². The van der Waals surface area contributed by atoms with Crippen LogP contribution < -0.4 is 5.06 Å². The van der Waals surface area contributed by atoms with E-state index in [1.54, 1.807) is 36.4 Å². The molecule has 23 heavy (non-hydrogen) atoms. The predicted octanol–water partition coefficient (Wildman–Crippen LogP) is 5.15. The largest absolute Gasteiger partial charge is 0.282 e. The highest BCUT2D eigenvalue weighted by Crippen LogP contribution is 2.35. The van der Waals surface area contributed by atoms with E-state index in [2.05, 4.69) is 15.9 Å². The second-order valence-electron chi connectivity index (χ2n) is 4.98. The molecule has 114 valence electrons. The van der Waals surface area contributed by atoms with E-state index >= 15 is 0 Å². The molecule has 0 radical (unpaired) electrons. The molecule has 0 atom stereocenters. The Bertz CT molecular complexity index is 834. The van der Waals surface area contributed by atoms with Gasteiger partial charge in [0.1, 0.15) is 0 Å². The van der Waals surface area contributed by atoms with Gasteiger partial charge in [-0.1, -0.05) is 70.5 Å². The Labute approximate surface area is 142 Å². The van der Waals surface area contributed by atoms with Gasteiger partial charge in [0.15, 0.2) is 0 Å². The van der Waals surface area contributed by atoms with Gasteiger partial charge in [0, 0.05) is 15.6 Å². The summed E-state index contributed by atoms with van der Waals surface area (Å²) in [7, 11) is 0. The average molecular weight is 368 g/mol. The molecule has 0 saturated heterocycles. The van der Waals surface area contributed by atoms with Gasteiger partial charge in [-0.2, -0.15) is 5.06 Å². The van der Waals surface area contributed by atoms with Crippen molar-refractivity contribution in [2.24, 2.45) is 0 Å². The quantitative estimate of drug-likeness (QED) is 0.513. The third kappa shape index (κ3) is 3.18. The summed E-state index contributed by atoms with van der Waals surface area (Å²) in [4.78, 5) is 12.5. The summed E-state index contributed by atoms with van der Waals surface area (Å²) in [6.07, 6.45) is 0. The monoisotopic (exact) mass is 367 g/mol. The number of hydrogen-bond acceptors (Lipinski definition) is 2. The van der Waals surface area contributed by atoms with E-state index in [0.29, 0.717) is 16.3 Å². The van der Waals surface area contributed by atoms with Crippen LogP contribution in [-0.2, 0) is 0 Å². The SMILES string of the molecule is O=C(c1ccccc1)N(O)c1ccccc1-c1ccccc1Br. The Morgan fingerprint density at radius 1 is 0.783 bits per heavy atom. The lowest BCUT2D eigenvalue weighted by molar-refractivity contribution is 0.0855. The molecule has 3 aromatic carbocycles. The van der Waals surface area contributed by atoms with E-state index in [1.807, 2.05) is 42.5 Å². The Kier molecular flexibility index (Phi) is 4.55. The summed E-state index contributed by atoms with van der Waals surface area (Å²) in [6, 6.07) is 23.6. The minimum absolute atomic E-state index is 0.428. The molecule has 1 N–H and O–H groups in total. The topological polar surface area (TPSA) is 40.5 Å². The first kappa shape index (κ1) is 15.5. The molecule has 0 saturated carbocycles. The molecule has 4 heteroatoms. The fraction of sp³-hybridized carbons (Fsp3) is 0. The maximum absolute atomic E-state index is 12.5. The van der Waals surface area contributed by atoms with Crippen molar-refractivity contribution in [2.75, 3.05) is 5.06 Å². The fourth-order valence-electron chi connectivity index (χ4n) is 2.38. The number of rotatable bonds is 3. The zero-order valence-corrected chi connectivity index (χ0v) is 13.8. The normalized spacial score (nSPS) is 10.3. The Morgan fingerprint density at radius 3 is 2.04 bits per heavy atom. The highest BCUT2D eigenvalue weighted by atomic mass is 79.9. The zero-order valence-electron chi connectivity index (χ0n) is 12.2. The van der Waals surface area contributed by atoms with Crippen molar-refractivity contribution in [2.45, 2.75) is 0 Å². The summed E-state index contributed by atoms with van der Waals surface area (Å²) in [5, 5.41) is 11.1. The van der Waals surface area contributed by atoms with E-state index in [0.717, 1.165) is 15.6 Å². The Hall–Kier alpha value is -2.43. The van der Waals surface area contributed by atoms with Crippen LogP contribution in [0.25, 0.3) is 11.1 Å². The van der Waals surface area contributed by atoms with Crippen LogP contribution in [0.3, 0.4) is 0 Å². The van der Waals surface area contributed by atoms with Crippen molar-refractivity contribution in [1.29, 1.82) is 0 Å². The molecule has 0 spiro atoms. The number of halogens is 1. The summed E-state index contributed by atoms with van der Waals surface area (Å²) in [6.45, 7) is 0. The van der Waals surface area contributed by atoms with Crippen molar-refractivity contribution >= 4 is 27.5 Å². The van der Waals surface area contributed by atoms with Gasteiger partial charge in [0.05, 0.1) is 5.69 Å². The Morgan fingerprint density at radius 2 is 1.35 bits per heavy atom. The molecule has 0 fully saturated rings. The number of nitrogens with zero attached hydrogens (tertiary/aromatic N) is 1. The average Bonchev–Trinajstić information content (AvgIpc) is 2.62. The van der Waals surface area contributed by atoms with Gasteiger partial charge in [0.2, 0.25) is 0 Å². The van der Waals surface area contributed by atoms with E-state index < -0.39 is 5.91 Å². The molecular formula is C19H14BrNO2. The van der Waals surface area contributed by atoms with E-state index in [4.69, 9.17) is 0 Å². The van der Waals surface area contributed by atoms with Gasteiger partial charge in [-0.3, -0.25) is 10.0 Å². The molecule has 0 aromatic heterocycles. The van der Waals surface area contributed by atoms with Gasteiger partial charge in [-0.25, -0.2) is 0 Å². The maximum Gasteiger partial charge on any atom is 0.282 e. The molecule has 0 aliphatic carbocycles. The molecule has 3 rings (SSSR count). The van der Waals surface area contributed by atoms with Crippen molar-refractivity contribution in [3.05, 3.63) is 88.9 Å². The first-order chi connectivity index (χ1) is 11.2. The zero-order chi connectivity index (χ0) is 16.2. The molecule has 0 bridgehead atoms. The molecular weight excluding hydrogens is 354 g/mol. The summed E-state index contributed by atoms with van der Waals surface area (Å²) in [5.74, 6) is -0.467. The van der Waals surface area contributed by atoms with Gasteiger partial charge in [0.25, 0.3) is 5.91 Å². The smallest absolute Gasteiger partial charge is 0.281 e. The lowest BCUT2D eigenvalue weighted by atomic mass is 10.0. The standard InChI is InChI=1S/C19H14BrNO2/c20-17-12-6-4-10-15(17)16-11-5-7-13-18(16)21(23)19(22)14-8-2-1-3-9-14/h1-13,23H. The molecule has 0 aliphatic rings. The van der Waals surface area contributed by atoms with Crippen LogP contribution >= 0.6 is 15.9 Å². The molecule has 1 amide bonds. The maximum atomic E-state index is 12.5. The molecule has 0 heterocycles. The van der Waals surface area contributed by atoms with Crippen LogP contribution in [0.2, 0.25) is 0 Å². The molecule has 3 nitrogen and oxygen atoms in total. The third-order valence-electron chi connectivity index (χ3n) is 3.51. The third-order valence-corrected chi connectivity index (χ3v) is 4.20. The number of carbonyl (C=O) groups is 1. The Balaban J connectivity index is 2.04.